The lowest BCUT2D eigenvalue weighted by Gasteiger charge is -2.39. The van der Waals surface area contributed by atoms with E-state index in [0.29, 0.717) is 25.8 Å². The number of ketones is 1. The van der Waals surface area contributed by atoms with E-state index in [1.807, 2.05) is 32.2 Å². The molecule has 1 aromatic heterocycles. The zero-order chi connectivity index (χ0) is 30.4. The molecule has 4 atom stereocenters. The molecule has 0 aromatic carbocycles. The molecule has 2 heterocycles. The number of pyridine rings is 1. The fourth-order valence-corrected chi connectivity index (χ4v) is 6.70. The molecule has 3 aliphatic rings. The summed E-state index contributed by atoms with van der Waals surface area (Å²) < 4.78 is 0. The van der Waals surface area contributed by atoms with Gasteiger partial charge in [0.2, 0.25) is 17.6 Å². The van der Waals surface area contributed by atoms with Crippen LogP contribution in [0.25, 0.3) is 0 Å². The van der Waals surface area contributed by atoms with Crippen LogP contribution in [0, 0.1) is 17.8 Å². The molecule has 0 radical (unpaired) electrons. The third kappa shape index (κ3) is 7.86. The van der Waals surface area contributed by atoms with Crippen LogP contribution in [0.5, 0.6) is 0 Å². The van der Waals surface area contributed by atoms with E-state index in [9.17, 15) is 24.0 Å². The summed E-state index contributed by atoms with van der Waals surface area (Å²) in [5, 5.41) is 8.76. The third-order valence-electron chi connectivity index (χ3n) is 9.17. The van der Waals surface area contributed by atoms with E-state index in [-0.39, 0.29) is 23.7 Å². The molecule has 11 heteroatoms. The number of carbonyl (C=O) groups excluding carboxylic acids is 5. The van der Waals surface area contributed by atoms with Crippen molar-refractivity contribution in [1.82, 2.24) is 25.8 Å². The molecular weight excluding hydrogens is 536 g/mol. The number of aromatic nitrogens is 1. The number of likely N-dealkylation sites (tertiary alicyclic amines) is 1. The van der Waals surface area contributed by atoms with E-state index in [4.69, 9.17) is 5.73 Å². The Balaban J connectivity index is 1.43. The van der Waals surface area contributed by atoms with E-state index >= 15 is 0 Å². The monoisotopic (exact) mass is 582 g/mol. The molecule has 4 rings (SSSR count). The minimum Gasteiger partial charge on any atom is -0.363 e. The number of nitrogens with one attached hydrogen (secondary N) is 3. The van der Waals surface area contributed by atoms with Gasteiger partial charge in [-0.2, -0.15) is 0 Å². The van der Waals surface area contributed by atoms with E-state index < -0.39 is 47.3 Å². The predicted octanol–water partition coefficient (Wildman–Crippen LogP) is 2.23. The van der Waals surface area contributed by atoms with Crippen LogP contribution < -0.4 is 21.7 Å². The fraction of sp³-hybridized carbons (Fsp3) is 0.677. The molecule has 1 aromatic rings. The Labute approximate surface area is 248 Å². The first-order valence-electron chi connectivity index (χ1n) is 15.4. The lowest BCUT2D eigenvalue weighted by atomic mass is 9.77. The van der Waals surface area contributed by atoms with Gasteiger partial charge in [0, 0.05) is 24.5 Å². The van der Waals surface area contributed by atoms with Crippen LogP contribution in [0.3, 0.4) is 0 Å². The first-order chi connectivity index (χ1) is 20.0. The minimum absolute atomic E-state index is 0.0949. The van der Waals surface area contributed by atoms with Crippen LogP contribution in [0.15, 0.2) is 24.5 Å². The third-order valence-corrected chi connectivity index (χ3v) is 9.17. The highest BCUT2D eigenvalue weighted by Gasteiger charge is 2.46. The smallest absolute Gasteiger partial charge is 0.315 e. The summed E-state index contributed by atoms with van der Waals surface area (Å²) in [7, 11) is 0. The number of amides is 5. The molecule has 0 spiro atoms. The topological polar surface area (TPSA) is 164 Å². The Kier molecular flexibility index (Phi) is 10.2. The number of carbonyl (C=O) groups is 5. The second kappa shape index (κ2) is 13.6. The Bertz CT molecular complexity index is 1150. The SMILES string of the molecule is CC(C)[C@H]1CCN(C(=O)[C@H](C)NC(=O)NC2(Cc3cccnc3)CCCCC2)[C@@H]1C(=O)NC(CC1CC1)C(=O)C(N)=O. The maximum Gasteiger partial charge on any atom is 0.315 e. The van der Waals surface area contributed by atoms with Gasteiger partial charge in [0.25, 0.3) is 5.91 Å². The molecule has 1 aliphatic heterocycles. The lowest BCUT2D eigenvalue weighted by Crippen LogP contribution is -2.60. The van der Waals surface area contributed by atoms with Crippen LogP contribution in [0.4, 0.5) is 4.79 Å². The van der Waals surface area contributed by atoms with Crippen LogP contribution in [0.2, 0.25) is 0 Å². The Morgan fingerprint density at radius 2 is 1.76 bits per heavy atom. The molecule has 2 aliphatic carbocycles. The lowest BCUT2D eigenvalue weighted by molar-refractivity contribution is -0.143. The van der Waals surface area contributed by atoms with Gasteiger partial charge in [-0.3, -0.25) is 24.2 Å². The van der Waals surface area contributed by atoms with Crippen molar-refractivity contribution >= 4 is 29.5 Å². The second-order valence-electron chi connectivity index (χ2n) is 12.8. The highest BCUT2D eigenvalue weighted by molar-refractivity contribution is 6.37. The van der Waals surface area contributed by atoms with Gasteiger partial charge >= 0.3 is 6.03 Å². The number of primary amides is 1. The number of hydrogen-bond acceptors (Lipinski definition) is 6. The number of nitrogens with zero attached hydrogens (tertiary/aromatic N) is 2. The van der Waals surface area contributed by atoms with Gasteiger partial charge in [-0.25, -0.2) is 4.79 Å². The van der Waals surface area contributed by atoms with E-state index in [0.717, 1.165) is 50.5 Å². The zero-order valence-electron chi connectivity index (χ0n) is 25.1. The number of nitrogens with two attached hydrogens (primary N) is 1. The molecule has 2 saturated carbocycles. The van der Waals surface area contributed by atoms with Gasteiger partial charge in [-0.15, -0.1) is 0 Å². The van der Waals surface area contributed by atoms with Crippen molar-refractivity contribution in [2.75, 3.05) is 6.54 Å². The van der Waals surface area contributed by atoms with Gasteiger partial charge in [0.1, 0.15) is 12.1 Å². The standard InChI is InChI=1S/C31H46N6O5/c1-19(2)23-11-15-37(25(23)28(40)35-24(16-21-9-10-21)26(38)27(32)39)29(41)20(3)34-30(42)36-31(12-5-4-6-13-31)17-22-8-7-14-33-18-22/h7-8,14,18-21,23-25H,4-6,9-13,15-17H2,1-3H3,(H2,32,39)(H,35,40)(H2,34,36,42)/t20-,23+,24?,25-/m0/s1. The average molecular weight is 583 g/mol. The van der Waals surface area contributed by atoms with Gasteiger partial charge in [-0.05, 0) is 68.4 Å². The highest BCUT2D eigenvalue weighted by atomic mass is 16.2. The maximum absolute atomic E-state index is 13.7. The normalized spacial score (nSPS) is 23.1. The molecule has 1 unspecified atom stereocenters. The van der Waals surface area contributed by atoms with Crippen molar-refractivity contribution in [2.24, 2.45) is 23.5 Å². The predicted molar refractivity (Wildman–Crippen MR) is 157 cm³/mol. The first-order valence-corrected chi connectivity index (χ1v) is 15.4. The summed E-state index contributed by atoms with van der Waals surface area (Å²) in [6, 6.07) is 0.782. The molecule has 1 saturated heterocycles. The zero-order valence-corrected chi connectivity index (χ0v) is 25.1. The largest absolute Gasteiger partial charge is 0.363 e. The fourth-order valence-electron chi connectivity index (χ4n) is 6.70. The van der Waals surface area contributed by atoms with Crippen LogP contribution in [-0.2, 0) is 25.6 Å². The molecule has 11 nitrogen and oxygen atoms in total. The quantitative estimate of drug-likeness (QED) is 0.276. The van der Waals surface area contributed by atoms with Crippen molar-refractivity contribution in [3.63, 3.8) is 0 Å². The van der Waals surface area contributed by atoms with Crippen LogP contribution in [-0.4, -0.2) is 69.6 Å². The van der Waals surface area contributed by atoms with Gasteiger partial charge in [-0.1, -0.05) is 52.0 Å². The average Bonchev–Trinajstić information content (AvgIpc) is 3.65. The Morgan fingerprint density at radius 1 is 1.05 bits per heavy atom. The summed E-state index contributed by atoms with van der Waals surface area (Å²) >= 11 is 0. The van der Waals surface area contributed by atoms with E-state index in [1.165, 1.54) is 4.90 Å². The van der Waals surface area contributed by atoms with Crippen molar-refractivity contribution in [1.29, 1.82) is 0 Å². The van der Waals surface area contributed by atoms with Crippen molar-refractivity contribution in [3.05, 3.63) is 30.1 Å². The number of rotatable bonds is 12. The second-order valence-corrected chi connectivity index (χ2v) is 12.8. The van der Waals surface area contributed by atoms with Crippen molar-refractivity contribution in [2.45, 2.75) is 109 Å². The van der Waals surface area contributed by atoms with Gasteiger partial charge < -0.3 is 26.6 Å². The molecule has 5 amide bonds. The van der Waals surface area contributed by atoms with Gasteiger partial charge in [0.05, 0.1) is 6.04 Å². The summed E-state index contributed by atoms with van der Waals surface area (Å²) in [5.74, 6) is -2.49. The first kappa shape index (κ1) is 31.4. The summed E-state index contributed by atoms with van der Waals surface area (Å²) in [4.78, 5) is 70.5. The summed E-state index contributed by atoms with van der Waals surface area (Å²) in [6.45, 7) is 5.97. The molecule has 3 fully saturated rings. The van der Waals surface area contributed by atoms with Crippen LogP contribution in [0.1, 0.15) is 84.1 Å². The van der Waals surface area contributed by atoms with E-state index in [1.54, 1.807) is 13.1 Å². The minimum atomic E-state index is -1.08. The van der Waals surface area contributed by atoms with E-state index in [2.05, 4.69) is 20.9 Å². The summed E-state index contributed by atoms with van der Waals surface area (Å²) in [5.41, 5.74) is 5.89. The Morgan fingerprint density at radius 3 is 2.36 bits per heavy atom. The highest BCUT2D eigenvalue weighted by Crippen LogP contribution is 2.35. The Hall–Kier alpha value is -3.50. The molecular formula is C31H46N6O5. The molecule has 5 N–H and O–H groups in total. The maximum atomic E-state index is 13.7. The van der Waals surface area contributed by atoms with Crippen molar-refractivity contribution in [3.8, 4) is 0 Å². The van der Waals surface area contributed by atoms with Gasteiger partial charge in [0.15, 0.2) is 0 Å². The molecule has 42 heavy (non-hydrogen) atoms. The summed E-state index contributed by atoms with van der Waals surface area (Å²) in [6.07, 6.45) is 11.9. The van der Waals surface area contributed by atoms with Crippen molar-refractivity contribution < 1.29 is 24.0 Å². The molecule has 0 bridgehead atoms. The molecule has 230 valence electrons. The number of urea groups is 1. The number of Topliss-reactive ketones (excluding diaryl/α,β-unsaturated/α-hetero) is 1. The van der Waals surface area contributed by atoms with Crippen LogP contribution >= 0.6 is 0 Å². The number of hydrogen-bond donors (Lipinski definition) is 4.